The zero-order valence-electron chi connectivity index (χ0n) is 14.6. The summed E-state index contributed by atoms with van der Waals surface area (Å²) < 4.78 is 2.02. The van der Waals surface area contributed by atoms with Gasteiger partial charge in [-0.1, -0.05) is 6.07 Å². The smallest absolute Gasteiger partial charge is 0.138 e. The molecule has 0 N–H and O–H groups in total. The molecule has 25 heavy (non-hydrogen) atoms. The summed E-state index contributed by atoms with van der Waals surface area (Å²) in [5, 5.41) is 0. The van der Waals surface area contributed by atoms with Crippen LogP contribution in [-0.2, 0) is 6.54 Å². The Morgan fingerprint density at radius 2 is 1.96 bits per heavy atom. The summed E-state index contributed by atoms with van der Waals surface area (Å²) in [6.45, 7) is 5.85. The summed E-state index contributed by atoms with van der Waals surface area (Å²) in [5.41, 5.74) is 2.27. The molecule has 1 saturated heterocycles. The standard InChI is InChI=1S/C19H22N6/c1-14-21-11-16(12-22-14)13-24-9-4-6-18(24)17-5-3-7-19(23-17)25-10-8-20-15(25)2/h3,5,7-8,10-12,18H,4,6,9,13H2,1-2H3/t18-/m1/s1. The fourth-order valence-electron chi connectivity index (χ4n) is 3.47. The molecule has 1 atom stereocenters. The van der Waals surface area contributed by atoms with E-state index in [0.29, 0.717) is 6.04 Å². The average Bonchev–Trinajstić information content (AvgIpc) is 3.26. The number of aryl methyl sites for hydroxylation is 2. The van der Waals surface area contributed by atoms with Gasteiger partial charge in [0.1, 0.15) is 17.5 Å². The van der Waals surface area contributed by atoms with Gasteiger partial charge in [-0.15, -0.1) is 0 Å². The van der Waals surface area contributed by atoms with Gasteiger partial charge in [0.15, 0.2) is 0 Å². The first-order valence-electron chi connectivity index (χ1n) is 8.69. The normalized spacial score (nSPS) is 17.9. The molecule has 1 fully saturated rings. The molecule has 128 valence electrons. The summed E-state index contributed by atoms with van der Waals surface area (Å²) >= 11 is 0. The quantitative estimate of drug-likeness (QED) is 0.734. The minimum absolute atomic E-state index is 0.338. The van der Waals surface area contributed by atoms with E-state index in [1.165, 1.54) is 6.42 Å². The van der Waals surface area contributed by atoms with Gasteiger partial charge in [-0.05, 0) is 45.4 Å². The van der Waals surface area contributed by atoms with Gasteiger partial charge in [0.25, 0.3) is 0 Å². The fourth-order valence-corrected chi connectivity index (χ4v) is 3.47. The highest BCUT2D eigenvalue weighted by molar-refractivity contribution is 5.28. The van der Waals surface area contributed by atoms with Crippen molar-refractivity contribution in [3.63, 3.8) is 0 Å². The Bertz CT molecular complexity index is 854. The topological polar surface area (TPSA) is 59.7 Å². The molecule has 0 amide bonds. The first-order chi connectivity index (χ1) is 12.2. The molecule has 3 aromatic rings. The fraction of sp³-hybridized carbons (Fsp3) is 0.368. The van der Waals surface area contributed by atoms with E-state index in [1.54, 1.807) is 0 Å². The summed E-state index contributed by atoms with van der Waals surface area (Å²) in [6, 6.07) is 6.59. The molecule has 4 heterocycles. The van der Waals surface area contributed by atoms with Gasteiger partial charge >= 0.3 is 0 Å². The minimum Gasteiger partial charge on any atom is -0.290 e. The van der Waals surface area contributed by atoms with Crippen LogP contribution >= 0.6 is 0 Å². The van der Waals surface area contributed by atoms with Crippen LogP contribution in [0.5, 0.6) is 0 Å². The van der Waals surface area contributed by atoms with E-state index < -0.39 is 0 Å². The molecule has 0 aliphatic carbocycles. The summed E-state index contributed by atoms with van der Waals surface area (Å²) in [7, 11) is 0. The molecule has 0 saturated carbocycles. The van der Waals surface area contributed by atoms with Crippen LogP contribution in [0, 0.1) is 13.8 Å². The van der Waals surface area contributed by atoms with Crippen molar-refractivity contribution in [3.05, 3.63) is 65.9 Å². The molecule has 0 aromatic carbocycles. The lowest BCUT2D eigenvalue weighted by Gasteiger charge is -2.24. The van der Waals surface area contributed by atoms with Gasteiger partial charge in [0.2, 0.25) is 0 Å². The van der Waals surface area contributed by atoms with Crippen LogP contribution in [0.1, 0.15) is 41.8 Å². The van der Waals surface area contributed by atoms with Gasteiger partial charge in [-0.3, -0.25) is 9.47 Å². The lowest BCUT2D eigenvalue weighted by atomic mass is 10.1. The first kappa shape index (κ1) is 15.9. The van der Waals surface area contributed by atoms with Crippen LogP contribution < -0.4 is 0 Å². The molecule has 6 nitrogen and oxygen atoms in total. The first-order valence-corrected chi connectivity index (χ1v) is 8.69. The molecule has 1 aliphatic rings. The highest BCUT2D eigenvalue weighted by Gasteiger charge is 2.27. The van der Waals surface area contributed by atoms with Crippen LogP contribution in [0.2, 0.25) is 0 Å². The lowest BCUT2D eigenvalue weighted by molar-refractivity contribution is 0.244. The Labute approximate surface area is 147 Å². The van der Waals surface area contributed by atoms with Crippen molar-refractivity contribution in [3.8, 4) is 5.82 Å². The van der Waals surface area contributed by atoms with E-state index >= 15 is 0 Å². The number of imidazole rings is 1. The zero-order chi connectivity index (χ0) is 17.2. The predicted molar refractivity (Wildman–Crippen MR) is 95.3 cm³/mol. The number of rotatable bonds is 4. The molecule has 0 bridgehead atoms. The van der Waals surface area contributed by atoms with E-state index in [-0.39, 0.29) is 0 Å². The third-order valence-electron chi connectivity index (χ3n) is 4.75. The molecule has 3 aromatic heterocycles. The van der Waals surface area contributed by atoms with E-state index in [4.69, 9.17) is 4.98 Å². The highest BCUT2D eigenvalue weighted by atomic mass is 15.2. The molecule has 1 aliphatic heterocycles. The number of likely N-dealkylation sites (tertiary alicyclic amines) is 1. The third-order valence-corrected chi connectivity index (χ3v) is 4.75. The SMILES string of the molecule is Cc1ncc(CN2CCC[C@@H]2c2cccc(-n3ccnc3C)n2)cn1. The Hall–Kier alpha value is -2.60. The molecule has 6 heteroatoms. The number of nitrogens with zero attached hydrogens (tertiary/aromatic N) is 6. The molecule has 0 radical (unpaired) electrons. The van der Waals surface area contributed by atoms with E-state index in [0.717, 1.165) is 48.2 Å². The molecule has 0 unspecified atom stereocenters. The van der Waals surface area contributed by atoms with E-state index in [9.17, 15) is 0 Å². The van der Waals surface area contributed by atoms with Crippen LogP contribution in [0.15, 0.2) is 43.0 Å². The van der Waals surface area contributed by atoms with Gasteiger partial charge < -0.3 is 0 Å². The maximum atomic E-state index is 4.91. The van der Waals surface area contributed by atoms with Crippen LogP contribution in [0.3, 0.4) is 0 Å². The maximum Gasteiger partial charge on any atom is 0.138 e. The molecular weight excluding hydrogens is 312 g/mol. The van der Waals surface area contributed by atoms with Gasteiger partial charge in [-0.25, -0.2) is 19.9 Å². The number of hydrogen-bond donors (Lipinski definition) is 0. The molecule has 0 spiro atoms. The van der Waals surface area contributed by atoms with E-state index in [1.807, 2.05) is 49.3 Å². The van der Waals surface area contributed by atoms with Gasteiger partial charge in [-0.2, -0.15) is 0 Å². The predicted octanol–water partition coefficient (Wildman–Crippen LogP) is 3.01. The third kappa shape index (κ3) is 3.30. The number of hydrogen-bond acceptors (Lipinski definition) is 5. The second kappa shape index (κ2) is 6.72. The van der Waals surface area contributed by atoms with Gasteiger partial charge in [0.05, 0.1) is 11.7 Å². The Morgan fingerprint density at radius 1 is 1.12 bits per heavy atom. The Morgan fingerprint density at radius 3 is 2.72 bits per heavy atom. The average molecular weight is 334 g/mol. The van der Waals surface area contributed by atoms with Crippen molar-refractivity contribution in [1.82, 2.24) is 29.4 Å². The summed E-state index contributed by atoms with van der Waals surface area (Å²) in [6.07, 6.45) is 9.94. The lowest BCUT2D eigenvalue weighted by Crippen LogP contribution is -2.24. The molecule has 4 rings (SSSR count). The second-order valence-electron chi connectivity index (χ2n) is 6.53. The van der Waals surface area contributed by atoms with Crippen LogP contribution in [0.25, 0.3) is 5.82 Å². The molecular formula is C19H22N6. The van der Waals surface area contributed by atoms with Gasteiger partial charge in [0, 0.05) is 36.9 Å². The maximum absolute atomic E-state index is 4.91. The highest BCUT2D eigenvalue weighted by Crippen LogP contribution is 2.32. The second-order valence-corrected chi connectivity index (χ2v) is 6.53. The Kier molecular flexibility index (Phi) is 4.28. The van der Waals surface area contributed by atoms with Crippen LogP contribution in [0.4, 0.5) is 0 Å². The monoisotopic (exact) mass is 334 g/mol. The van der Waals surface area contributed by atoms with Crippen molar-refractivity contribution in [2.45, 2.75) is 39.3 Å². The number of pyridine rings is 1. The van der Waals surface area contributed by atoms with Crippen molar-refractivity contribution >= 4 is 0 Å². The van der Waals surface area contributed by atoms with Crippen molar-refractivity contribution in [2.75, 3.05) is 6.54 Å². The summed E-state index contributed by atoms with van der Waals surface area (Å²) in [4.78, 5) is 20.3. The Balaban J connectivity index is 1.58. The number of aromatic nitrogens is 5. The van der Waals surface area contributed by atoms with Crippen molar-refractivity contribution in [2.24, 2.45) is 0 Å². The van der Waals surface area contributed by atoms with E-state index in [2.05, 4.69) is 32.0 Å². The minimum atomic E-state index is 0.338. The summed E-state index contributed by atoms with van der Waals surface area (Å²) in [5.74, 6) is 2.69. The van der Waals surface area contributed by atoms with Crippen molar-refractivity contribution in [1.29, 1.82) is 0 Å². The zero-order valence-corrected chi connectivity index (χ0v) is 14.6. The van der Waals surface area contributed by atoms with Crippen LogP contribution in [-0.4, -0.2) is 35.9 Å². The van der Waals surface area contributed by atoms with Crippen molar-refractivity contribution < 1.29 is 0 Å². The largest absolute Gasteiger partial charge is 0.290 e.